The summed E-state index contributed by atoms with van der Waals surface area (Å²) < 4.78 is 0. The minimum Gasteiger partial charge on any atom is -0.592 e. The van der Waals surface area contributed by atoms with Gasteiger partial charge in [-0.05, 0) is 4.86 Å². The molecule has 0 fully saturated rings. The summed E-state index contributed by atoms with van der Waals surface area (Å²) in [7, 11) is 0. The molecule has 60 valence electrons. The molecule has 0 radical (unpaired) electrons. The average Bonchev–Trinajstić information content (AvgIpc) is 2.05. The predicted octanol–water partition coefficient (Wildman–Crippen LogP) is 2.05. The van der Waals surface area contributed by atoms with Gasteiger partial charge in [0.25, 0.3) is 0 Å². The quantitative estimate of drug-likeness (QED) is 0.369. The van der Waals surface area contributed by atoms with E-state index in [2.05, 4.69) is 5.28 Å². The van der Waals surface area contributed by atoms with Crippen LogP contribution >= 0.6 is 0 Å². The molecule has 0 aliphatic rings. The molecule has 0 unspecified atom stereocenters. The van der Waals surface area contributed by atoms with Crippen molar-refractivity contribution in [3.05, 3.63) is 35.5 Å². The van der Waals surface area contributed by atoms with Gasteiger partial charge in [0.1, 0.15) is 0 Å². The van der Waals surface area contributed by atoms with Gasteiger partial charge in [-0.1, -0.05) is 18.2 Å². The summed E-state index contributed by atoms with van der Waals surface area (Å²) in [5, 5.41) is 21.0. The first-order valence-electron chi connectivity index (χ1n) is 2.72. The molecule has 0 aromatic heterocycles. The second kappa shape index (κ2) is 4.24. The maximum Gasteiger partial charge on any atom is 0.248 e. The van der Waals surface area contributed by atoms with E-state index in [0.29, 0.717) is 5.69 Å². The van der Waals surface area contributed by atoms with E-state index in [1.54, 1.807) is 30.3 Å². The molecular formula is C6H10N3O2+. The lowest BCUT2D eigenvalue weighted by molar-refractivity contribution is -0.473. The van der Waals surface area contributed by atoms with E-state index in [-0.39, 0.29) is 11.0 Å². The minimum absolute atomic E-state index is 0. The molecule has 0 saturated carbocycles. The van der Waals surface area contributed by atoms with E-state index in [1.165, 1.54) is 0 Å². The van der Waals surface area contributed by atoms with Crippen LogP contribution in [0.25, 0.3) is 0 Å². The highest BCUT2D eigenvalue weighted by molar-refractivity contribution is 5.27. The molecule has 0 aliphatic carbocycles. The first-order valence-corrected chi connectivity index (χ1v) is 2.72. The van der Waals surface area contributed by atoms with Crippen LogP contribution in [-0.4, -0.2) is 10.1 Å². The molecule has 0 heterocycles. The molecule has 1 aromatic rings. The van der Waals surface area contributed by atoms with E-state index in [9.17, 15) is 5.21 Å². The molecule has 5 nitrogen and oxygen atoms in total. The number of quaternary nitrogens is 1. The second-order valence-electron chi connectivity index (χ2n) is 1.70. The summed E-state index contributed by atoms with van der Waals surface area (Å²) >= 11 is 0. The van der Waals surface area contributed by atoms with Crippen molar-refractivity contribution in [3.63, 3.8) is 0 Å². The van der Waals surface area contributed by atoms with Crippen molar-refractivity contribution in [2.24, 2.45) is 5.28 Å². The van der Waals surface area contributed by atoms with Crippen LogP contribution in [-0.2, 0) is 0 Å². The lowest BCUT2D eigenvalue weighted by atomic mass is 10.3. The van der Waals surface area contributed by atoms with Crippen LogP contribution < -0.4 is 6.15 Å². The fourth-order valence-corrected chi connectivity index (χ4v) is 0.607. The Morgan fingerprint density at radius 1 is 1.27 bits per heavy atom. The summed E-state index contributed by atoms with van der Waals surface area (Å²) in [4.78, 5) is 0.139. The minimum atomic E-state index is 0. The molecule has 0 atom stereocenters. The number of benzene rings is 1. The van der Waals surface area contributed by atoms with Crippen LogP contribution in [0.3, 0.4) is 0 Å². The number of hydrogen-bond donors (Lipinski definition) is 2. The molecule has 5 N–H and O–H groups in total. The molecule has 0 aliphatic heterocycles. The van der Waals surface area contributed by atoms with Gasteiger partial charge in [-0.2, -0.15) is 0 Å². The van der Waals surface area contributed by atoms with Crippen molar-refractivity contribution in [3.8, 4) is 0 Å². The standard InChI is InChI=1S/C6H6N2O2.H3N/c9-7-8(10)6-4-2-1-3-5-6;/h1-5,9H;1H3/p+1/b8-7+;. The summed E-state index contributed by atoms with van der Waals surface area (Å²) in [5.41, 5.74) is 0.310. The van der Waals surface area contributed by atoms with Crippen molar-refractivity contribution in [2.75, 3.05) is 0 Å². The van der Waals surface area contributed by atoms with Gasteiger partial charge in [0.2, 0.25) is 11.0 Å². The van der Waals surface area contributed by atoms with E-state index in [0.717, 1.165) is 0 Å². The van der Waals surface area contributed by atoms with E-state index in [4.69, 9.17) is 5.21 Å². The molecule has 0 spiro atoms. The Bertz CT molecular complexity index is 235. The Morgan fingerprint density at radius 3 is 2.27 bits per heavy atom. The number of para-hydroxylation sites is 1. The van der Waals surface area contributed by atoms with Crippen LogP contribution in [0.5, 0.6) is 0 Å². The molecule has 11 heavy (non-hydrogen) atoms. The van der Waals surface area contributed by atoms with Gasteiger partial charge in [0.15, 0.2) is 0 Å². The van der Waals surface area contributed by atoms with Gasteiger partial charge >= 0.3 is 0 Å². The third-order valence-corrected chi connectivity index (χ3v) is 1.06. The summed E-state index contributed by atoms with van der Waals surface area (Å²) in [5.74, 6) is 0. The first kappa shape index (κ1) is 9.38. The van der Waals surface area contributed by atoms with E-state index >= 15 is 0 Å². The third-order valence-electron chi connectivity index (χ3n) is 1.06. The van der Waals surface area contributed by atoms with Gasteiger partial charge in [-0.3, -0.25) is 0 Å². The highest BCUT2D eigenvalue weighted by atomic mass is 16.6. The molecule has 0 amide bonds. The average molecular weight is 156 g/mol. The Labute approximate surface area is 63.7 Å². The molecule has 1 aromatic carbocycles. The van der Waals surface area contributed by atoms with Gasteiger partial charge in [-0.25, -0.2) is 0 Å². The van der Waals surface area contributed by atoms with Crippen molar-refractivity contribution in [1.82, 2.24) is 6.15 Å². The van der Waals surface area contributed by atoms with Crippen LogP contribution in [0.15, 0.2) is 35.6 Å². The molecule has 0 bridgehead atoms. The highest BCUT2D eigenvalue weighted by Gasteiger charge is 1.98. The molecular weight excluding hydrogens is 146 g/mol. The predicted molar refractivity (Wildman–Crippen MR) is 39.9 cm³/mol. The first-order chi connectivity index (χ1) is 4.84. The largest absolute Gasteiger partial charge is 0.592 e. The van der Waals surface area contributed by atoms with Crippen molar-refractivity contribution < 1.29 is 10.1 Å². The van der Waals surface area contributed by atoms with E-state index < -0.39 is 0 Å². The van der Waals surface area contributed by atoms with Crippen molar-refractivity contribution in [1.29, 1.82) is 0 Å². The Balaban J connectivity index is 0.000001000. The van der Waals surface area contributed by atoms with Gasteiger partial charge in [0, 0.05) is 12.1 Å². The summed E-state index contributed by atoms with van der Waals surface area (Å²) in [6.45, 7) is 0. The zero-order valence-electron chi connectivity index (χ0n) is 6.14. The zero-order valence-corrected chi connectivity index (χ0v) is 6.14. The fourth-order valence-electron chi connectivity index (χ4n) is 0.607. The number of hydrogen-bond acceptors (Lipinski definition) is 2. The number of rotatable bonds is 1. The maximum absolute atomic E-state index is 10.5. The topological polar surface area (TPSA) is 95.2 Å². The van der Waals surface area contributed by atoms with Gasteiger partial charge in [-0.15, -0.1) is 0 Å². The highest BCUT2D eigenvalue weighted by Crippen LogP contribution is 2.08. The smallest absolute Gasteiger partial charge is 0.248 e. The summed E-state index contributed by atoms with van der Waals surface area (Å²) in [6.07, 6.45) is 0. The SMILES string of the molecule is [NH4+].[O-]/[N+](=N/O)c1ccccc1. The lowest BCUT2D eigenvalue weighted by Crippen LogP contribution is -1.88. The van der Waals surface area contributed by atoms with Crippen LogP contribution in [0.1, 0.15) is 0 Å². The Hall–Kier alpha value is -1.62. The monoisotopic (exact) mass is 156 g/mol. The van der Waals surface area contributed by atoms with Gasteiger partial charge in [0.05, 0.1) is 0 Å². The van der Waals surface area contributed by atoms with E-state index in [1.807, 2.05) is 0 Å². The summed E-state index contributed by atoms with van der Waals surface area (Å²) in [6, 6.07) is 8.24. The van der Waals surface area contributed by atoms with Crippen LogP contribution in [0.4, 0.5) is 5.69 Å². The van der Waals surface area contributed by atoms with Crippen molar-refractivity contribution in [2.45, 2.75) is 0 Å². The fraction of sp³-hybridized carbons (Fsp3) is 0. The molecule has 0 saturated heterocycles. The van der Waals surface area contributed by atoms with Crippen LogP contribution in [0.2, 0.25) is 0 Å². The zero-order chi connectivity index (χ0) is 7.40. The van der Waals surface area contributed by atoms with Crippen molar-refractivity contribution >= 4 is 5.69 Å². The Morgan fingerprint density at radius 2 is 1.82 bits per heavy atom. The number of nitrogens with zero attached hydrogens (tertiary/aromatic N) is 2. The Kier molecular flexibility index (Phi) is 3.61. The lowest BCUT2D eigenvalue weighted by Gasteiger charge is -1.93. The molecule has 5 heteroatoms. The molecule has 1 rings (SSSR count). The maximum atomic E-state index is 10.5. The van der Waals surface area contributed by atoms with Gasteiger partial charge < -0.3 is 16.6 Å². The van der Waals surface area contributed by atoms with Crippen LogP contribution in [0, 0.1) is 5.21 Å². The second-order valence-corrected chi connectivity index (χ2v) is 1.70. The normalized spacial score (nSPS) is 10.4. The third kappa shape index (κ3) is 2.23.